The van der Waals surface area contributed by atoms with Gasteiger partial charge in [0, 0.05) is 18.3 Å². The third kappa shape index (κ3) is 6.51. The van der Waals surface area contributed by atoms with Gasteiger partial charge in [0.25, 0.3) is 5.91 Å². The molecule has 35 heavy (non-hydrogen) atoms. The number of methoxy groups -OCH3 is 3. The number of anilines is 1. The van der Waals surface area contributed by atoms with Gasteiger partial charge in [0.15, 0.2) is 22.5 Å². The molecule has 3 rings (SSSR count). The molecule has 0 atom stereocenters. The zero-order valence-corrected chi connectivity index (χ0v) is 20.5. The molecule has 0 aliphatic heterocycles. The molecule has 0 spiro atoms. The van der Waals surface area contributed by atoms with Gasteiger partial charge in [-0.3, -0.25) is 9.59 Å². The number of ether oxygens (including phenoxy) is 3. The number of carbonyl (C=O) groups excluding carboxylic acids is 3. The Bertz CT molecular complexity index is 1210. The first-order valence-corrected chi connectivity index (χ1v) is 11.3. The Morgan fingerprint density at radius 1 is 0.943 bits per heavy atom. The summed E-state index contributed by atoms with van der Waals surface area (Å²) in [5.74, 6) is 0.615. The zero-order chi connectivity index (χ0) is 25.4. The second-order valence-corrected chi connectivity index (χ2v) is 8.06. The van der Waals surface area contributed by atoms with Crippen LogP contribution in [0, 0.1) is 0 Å². The predicted octanol–water partition coefficient (Wildman–Crippen LogP) is 2.28. The molecule has 0 unspecified atom stereocenters. The average molecular weight is 500 g/mol. The zero-order valence-electron chi connectivity index (χ0n) is 19.7. The van der Waals surface area contributed by atoms with Crippen LogP contribution in [0.2, 0.25) is 0 Å². The SMILES string of the molecule is COC(=O)c1ccc(NC(=O)CSc2nnc(CNC(=O)c3ccc(OC)c(OC)c3)n2C)cc1. The number of thioether (sulfide) groups is 1. The molecule has 11 nitrogen and oxygen atoms in total. The molecule has 3 aromatic rings. The standard InChI is InChI=1S/C23H25N5O6S/c1-28-19(12-24-21(30)15-7-10-17(32-2)18(11-15)33-3)26-27-23(28)35-13-20(29)25-16-8-5-14(6-9-16)22(31)34-4/h5-11H,12-13H2,1-4H3,(H,24,30)(H,25,29). The molecule has 1 heterocycles. The van der Waals surface area contributed by atoms with E-state index >= 15 is 0 Å². The highest BCUT2D eigenvalue weighted by molar-refractivity contribution is 7.99. The predicted molar refractivity (Wildman–Crippen MR) is 129 cm³/mol. The lowest BCUT2D eigenvalue weighted by molar-refractivity contribution is -0.113. The molecule has 0 aliphatic rings. The van der Waals surface area contributed by atoms with Gasteiger partial charge in [-0.15, -0.1) is 10.2 Å². The molecule has 0 saturated carbocycles. The van der Waals surface area contributed by atoms with Crippen molar-refractivity contribution in [1.29, 1.82) is 0 Å². The number of esters is 1. The lowest BCUT2D eigenvalue weighted by Gasteiger charge is -2.10. The van der Waals surface area contributed by atoms with Gasteiger partial charge in [-0.2, -0.15) is 0 Å². The van der Waals surface area contributed by atoms with E-state index in [-0.39, 0.29) is 24.1 Å². The lowest BCUT2D eigenvalue weighted by Crippen LogP contribution is -2.24. The molecule has 184 valence electrons. The Morgan fingerprint density at radius 3 is 2.29 bits per heavy atom. The summed E-state index contributed by atoms with van der Waals surface area (Å²) >= 11 is 1.21. The number of benzene rings is 2. The summed E-state index contributed by atoms with van der Waals surface area (Å²) in [6.45, 7) is 0.149. The summed E-state index contributed by atoms with van der Waals surface area (Å²) in [5, 5.41) is 14.3. The number of nitrogens with zero attached hydrogens (tertiary/aromatic N) is 3. The first-order valence-electron chi connectivity index (χ1n) is 10.4. The Balaban J connectivity index is 1.52. The van der Waals surface area contributed by atoms with Crippen molar-refractivity contribution >= 4 is 35.2 Å². The fourth-order valence-corrected chi connectivity index (χ4v) is 3.73. The molecule has 2 amide bonds. The van der Waals surface area contributed by atoms with Crippen LogP contribution in [-0.2, 0) is 23.1 Å². The van der Waals surface area contributed by atoms with Crippen molar-refractivity contribution < 1.29 is 28.6 Å². The Labute approximate surface area is 206 Å². The van der Waals surface area contributed by atoms with Gasteiger partial charge in [-0.25, -0.2) is 4.79 Å². The van der Waals surface area contributed by atoms with E-state index in [0.29, 0.717) is 39.3 Å². The summed E-state index contributed by atoms with van der Waals surface area (Å²) < 4.78 is 16.8. The fraction of sp³-hybridized carbons (Fsp3) is 0.261. The van der Waals surface area contributed by atoms with Crippen LogP contribution < -0.4 is 20.1 Å². The number of aromatic nitrogens is 3. The minimum Gasteiger partial charge on any atom is -0.493 e. The first-order chi connectivity index (χ1) is 16.9. The van der Waals surface area contributed by atoms with Crippen LogP contribution in [0.1, 0.15) is 26.5 Å². The fourth-order valence-electron chi connectivity index (χ4n) is 3.00. The maximum atomic E-state index is 12.5. The second-order valence-electron chi connectivity index (χ2n) is 7.12. The lowest BCUT2D eigenvalue weighted by atomic mass is 10.2. The Morgan fingerprint density at radius 2 is 1.63 bits per heavy atom. The molecule has 0 bridgehead atoms. The van der Waals surface area contributed by atoms with E-state index in [9.17, 15) is 14.4 Å². The van der Waals surface area contributed by atoms with Crippen molar-refractivity contribution in [2.45, 2.75) is 11.7 Å². The van der Waals surface area contributed by atoms with Crippen molar-refractivity contribution in [2.24, 2.45) is 7.05 Å². The van der Waals surface area contributed by atoms with Gasteiger partial charge in [0.05, 0.1) is 39.2 Å². The highest BCUT2D eigenvalue weighted by Crippen LogP contribution is 2.27. The monoisotopic (exact) mass is 499 g/mol. The topological polar surface area (TPSA) is 134 Å². The van der Waals surface area contributed by atoms with Gasteiger partial charge in [0.1, 0.15) is 0 Å². The van der Waals surface area contributed by atoms with E-state index in [0.717, 1.165) is 0 Å². The molecular formula is C23H25N5O6S. The third-order valence-electron chi connectivity index (χ3n) is 4.90. The Kier molecular flexibility index (Phi) is 8.68. The van der Waals surface area contributed by atoms with Gasteiger partial charge >= 0.3 is 5.97 Å². The second kappa shape index (κ2) is 11.9. The number of amides is 2. The molecule has 12 heteroatoms. The summed E-state index contributed by atoms with van der Waals surface area (Å²) in [6.07, 6.45) is 0. The van der Waals surface area contributed by atoms with Gasteiger partial charge < -0.3 is 29.4 Å². The van der Waals surface area contributed by atoms with Crippen molar-refractivity contribution in [3.63, 3.8) is 0 Å². The van der Waals surface area contributed by atoms with E-state index in [4.69, 9.17) is 9.47 Å². The van der Waals surface area contributed by atoms with Crippen molar-refractivity contribution in [3.8, 4) is 11.5 Å². The maximum Gasteiger partial charge on any atom is 0.337 e. The summed E-state index contributed by atoms with van der Waals surface area (Å²) in [5.41, 5.74) is 1.36. The van der Waals surface area contributed by atoms with Gasteiger partial charge in [0.2, 0.25) is 5.91 Å². The summed E-state index contributed by atoms with van der Waals surface area (Å²) in [4.78, 5) is 36.3. The van der Waals surface area contributed by atoms with E-state index < -0.39 is 5.97 Å². The number of nitrogens with one attached hydrogen (secondary N) is 2. The number of hydrogen-bond donors (Lipinski definition) is 2. The van der Waals surface area contributed by atoms with Crippen LogP contribution in [0.4, 0.5) is 5.69 Å². The Hall–Kier alpha value is -4.06. The van der Waals surface area contributed by atoms with E-state index in [2.05, 4.69) is 25.6 Å². The normalized spacial score (nSPS) is 10.4. The van der Waals surface area contributed by atoms with Crippen LogP contribution in [0.5, 0.6) is 11.5 Å². The molecule has 2 N–H and O–H groups in total. The minimum atomic E-state index is -0.448. The van der Waals surface area contributed by atoms with Crippen LogP contribution in [0.25, 0.3) is 0 Å². The highest BCUT2D eigenvalue weighted by atomic mass is 32.2. The molecule has 0 aliphatic carbocycles. The van der Waals surface area contributed by atoms with Crippen molar-refractivity contribution in [3.05, 3.63) is 59.4 Å². The van der Waals surface area contributed by atoms with E-state index in [1.807, 2.05) is 0 Å². The van der Waals surface area contributed by atoms with Gasteiger partial charge in [-0.1, -0.05) is 11.8 Å². The van der Waals surface area contributed by atoms with Crippen LogP contribution >= 0.6 is 11.8 Å². The van der Waals surface area contributed by atoms with E-state index in [1.54, 1.807) is 54.1 Å². The van der Waals surface area contributed by atoms with Crippen LogP contribution in [0.3, 0.4) is 0 Å². The van der Waals surface area contributed by atoms with Crippen LogP contribution in [-0.4, -0.2) is 59.6 Å². The minimum absolute atomic E-state index is 0.0999. The van der Waals surface area contributed by atoms with Gasteiger partial charge in [-0.05, 0) is 42.5 Å². The van der Waals surface area contributed by atoms with E-state index in [1.165, 1.54) is 33.1 Å². The summed E-state index contributed by atoms with van der Waals surface area (Å²) in [6, 6.07) is 11.3. The largest absolute Gasteiger partial charge is 0.493 e. The summed E-state index contributed by atoms with van der Waals surface area (Å²) in [7, 11) is 6.08. The maximum absolute atomic E-state index is 12.5. The first kappa shape index (κ1) is 25.6. The third-order valence-corrected chi connectivity index (χ3v) is 5.92. The van der Waals surface area contributed by atoms with Crippen molar-refractivity contribution in [1.82, 2.24) is 20.1 Å². The number of hydrogen-bond acceptors (Lipinski definition) is 9. The smallest absolute Gasteiger partial charge is 0.337 e. The molecule has 0 fully saturated rings. The highest BCUT2D eigenvalue weighted by Gasteiger charge is 2.15. The molecular weight excluding hydrogens is 474 g/mol. The average Bonchev–Trinajstić information content (AvgIpc) is 3.24. The molecule has 2 aromatic carbocycles. The number of rotatable bonds is 10. The molecule has 1 aromatic heterocycles. The quantitative estimate of drug-likeness (QED) is 0.318. The number of carbonyl (C=O) groups is 3. The van der Waals surface area contributed by atoms with Crippen LogP contribution in [0.15, 0.2) is 47.6 Å². The molecule has 0 saturated heterocycles. The van der Waals surface area contributed by atoms with Crippen molar-refractivity contribution in [2.75, 3.05) is 32.4 Å². The molecule has 0 radical (unpaired) electrons.